The maximum absolute atomic E-state index is 13.0. The number of fused-ring (bicyclic) bond motifs is 1. The Bertz CT molecular complexity index is 669. The van der Waals surface area contributed by atoms with E-state index in [9.17, 15) is 9.59 Å². The zero-order valence-electron chi connectivity index (χ0n) is 15.5. The van der Waals surface area contributed by atoms with Gasteiger partial charge in [-0.1, -0.05) is 32.0 Å². The second kappa shape index (κ2) is 6.79. The van der Waals surface area contributed by atoms with E-state index in [0.29, 0.717) is 18.7 Å². The van der Waals surface area contributed by atoms with E-state index in [1.165, 1.54) is 0 Å². The van der Waals surface area contributed by atoms with Crippen molar-refractivity contribution >= 4 is 11.8 Å². The fourth-order valence-corrected chi connectivity index (χ4v) is 3.95. The fourth-order valence-electron chi connectivity index (χ4n) is 3.95. The number of rotatable bonds is 4. The van der Waals surface area contributed by atoms with Crippen LogP contribution in [0.15, 0.2) is 24.3 Å². The number of hydrogen-bond acceptors (Lipinski definition) is 3. The van der Waals surface area contributed by atoms with Crippen LogP contribution in [0.25, 0.3) is 0 Å². The molecule has 2 atom stereocenters. The van der Waals surface area contributed by atoms with Crippen molar-refractivity contribution in [3.63, 3.8) is 0 Å². The quantitative estimate of drug-likeness (QED) is 0.914. The molecule has 1 N–H and O–H groups in total. The minimum absolute atomic E-state index is 0.0447. The fraction of sp³-hybridized carbons (Fsp3) is 0.600. The van der Waals surface area contributed by atoms with Crippen LogP contribution in [0.1, 0.15) is 56.5 Å². The van der Waals surface area contributed by atoms with E-state index in [1.807, 2.05) is 52.0 Å². The predicted octanol–water partition coefficient (Wildman–Crippen LogP) is 2.74. The molecular weight excluding hydrogens is 316 g/mol. The van der Waals surface area contributed by atoms with Gasteiger partial charge in [0, 0.05) is 24.8 Å². The van der Waals surface area contributed by atoms with E-state index in [4.69, 9.17) is 4.74 Å². The molecule has 1 fully saturated rings. The summed E-state index contributed by atoms with van der Waals surface area (Å²) in [6.07, 6.45) is 1.60. The Morgan fingerprint density at radius 3 is 2.68 bits per heavy atom. The monoisotopic (exact) mass is 344 g/mol. The lowest BCUT2D eigenvalue weighted by atomic mass is 9.93. The summed E-state index contributed by atoms with van der Waals surface area (Å²) in [6, 6.07) is 7.25. The number of carbonyl (C=O) groups is 2. The first-order valence-electron chi connectivity index (χ1n) is 9.12. The molecule has 0 aliphatic carbocycles. The first-order valence-corrected chi connectivity index (χ1v) is 9.12. The van der Waals surface area contributed by atoms with Crippen LogP contribution in [0.3, 0.4) is 0 Å². The molecule has 5 nitrogen and oxygen atoms in total. The molecule has 5 heteroatoms. The van der Waals surface area contributed by atoms with E-state index < -0.39 is 6.04 Å². The lowest BCUT2D eigenvalue weighted by molar-refractivity contribution is -0.130. The molecule has 1 saturated heterocycles. The lowest BCUT2D eigenvalue weighted by Gasteiger charge is -2.37. The Kier molecular flexibility index (Phi) is 4.87. The summed E-state index contributed by atoms with van der Waals surface area (Å²) in [5.41, 5.74) is 1.50. The molecule has 0 saturated carbocycles. The number of nitrogens with zero attached hydrogens (tertiary/aromatic N) is 1. The van der Waals surface area contributed by atoms with Crippen LogP contribution in [-0.4, -0.2) is 41.0 Å². The van der Waals surface area contributed by atoms with Crippen LogP contribution >= 0.6 is 0 Å². The molecule has 2 aliphatic rings. The van der Waals surface area contributed by atoms with Gasteiger partial charge in [-0.3, -0.25) is 9.59 Å². The molecule has 1 aromatic carbocycles. The second-order valence-corrected chi connectivity index (χ2v) is 8.09. The normalized spacial score (nSPS) is 23.5. The molecule has 136 valence electrons. The van der Waals surface area contributed by atoms with Crippen molar-refractivity contribution in [2.75, 3.05) is 6.61 Å². The smallest absolute Gasteiger partial charge is 0.255 e. The van der Waals surface area contributed by atoms with Crippen molar-refractivity contribution in [2.24, 2.45) is 5.92 Å². The highest BCUT2D eigenvalue weighted by Crippen LogP contribution is 2.28. The van der Waals surface area contributed by atoms with Crippen LogP contribution in [0.5, 0.6) is 0 Å². The second-order valence-electron chi connectivity index (χ2n) is 8.09. The van der Waals surface area contributed by atoms with Gasteiger partial charge >= 0.3 is 0 Å². The molecular formula is C20H28N2O3. The highest BCUT2D eigenvalue weighted by Gasteiger charge is 2.39. The van der Waals surface area contributed by atoms with Gasteiger partial charge in [-0.05, 0) is 44.2 Å². The average Bonchev–Trinajstić information content (AvgIpc) is 2.83. The molecule has 25 heavy (non-hydrogen) atoms. The summed E-state index contributed by atoms with van der Waals surface area (Å²) in [5.74, 6) is -0.0540. The van der Waals surface area contributed by atoms with Gasteiger partial charge in [-0.25, -0.2) is 0 Å². The van der Waals surface area contributed by atoms with Crippen LogP contribution in [0.2, 0.25) is 0 Å². The van der Waals surface area contributed by atoms with Gasteiger partial charge in [0.2, 0.25) is 5.91 Å². The summed E-state index contributed by atoms with van der Waals surface area (Å²) >= 11 is 0. The molecule has 1 aromatic rings. The van der Waals surface area contributed by atoms with Gasteiger partial charge in [0.1, 0.15) is 6.04 Å². The third-order valence-electron chi connectivity index (χ3n) is 5.13. The molecule has 0 radical (unpaired) electrons. The van der Waals surface area contributed by atoms with Crippen molar-refractivity contribution in [2.45, 2.75) is 64.8 Å². The highest BCUT2D eigenvalue weighted by atomic mass is 16.5. The molecule has 3 rings (SSSR count). The zero-order valence-corrected chi connectivity index (χ0v) is 15.5. The highest BCUT2D eigenvalue weighted by molar-refractivity contribution is 6.01. The van der Waals surface area contributed by atoms with Gasteiger partial charge in [-0.2, -0.15) is 0 Å². The van der Waals surface area contributed by atoms with Crippen LogP contribution in [-0.2, 0) is 16.1 Å². The van der Waals surface area contributed by atoms with Gasteiger partial charge in [0.15, 0.2) is 0 Å². The van der Waals surface area contributed by atoms with Gasteiger partial charge in [0.25, 0.3) is 5.91 Å². The van der Waals surface area contributed by atoms with Gasteiger partial charge in [0.05, 0.1) is 5.60 Å². The number of hydrogen-bond donors (Lipinski definition) is 1. The van der Waals surface area contributed by atoms with Gasteiger partial charge < -0.3 is 15.0 Å². The van der Waals surface area contributed by atoms with Crippen molar-refractivity contribution in [1.82, 2.24) is 10.2 Å². The Balaban J connectivity index is 1.74. The first-order chi connectivity index (χ1) is 11.8. The molecule has 0 aromatic heterocycles. The molecule has 2 heterocycles. The molecule has 0 bridgehead atoms. The van der Waals surface area contributed by atoms with E-state index in [-0.39, 0.29) is 29.4 Å². The van der Waals surface area contributed by atoms with E-state index in [1.54, 1.807) is 4.90 Å². The van der Waals surface area contributed by atoms with Crippen molar-refractivity contribution in [3.8, 4) is 0 Å². The summed E-state index contributed by atoms with van der Waals surface area (Å²) in [5, 5.41) is 3.17. The number of ether oxygens (including phenoxy) is 1. The van der Waals surface area contributed by atoms with Crippen molar-refractivity contribution in [3.05, 3.63) is 35.4 Å². The third-order valence-corrected chi connectivity index (χ3v) is 5.13. The largest absolute Gasteiger partial charge is 0.375 e. The van der Waals surface area contributed by atoms with E-state index in [0.717, 1.165) is 18.4 Å². The summed E-state index contributed by atoms with van der Waals surface area (Å²) in [7, 11) is 0. The minimum atomic E-state index is -0.453. The van der Waals surface area contributed by atoms with Crippen LogP contribution in [0, 0.1) is 5.92 Å². The Labute approximate surface area is 149 Å². The molecule has 0 unspecified atom stereocenters. The van der Waals surface area contributed by atoms with Crippen LogP contribution < -0.4 is 5.32 Å². The Morgan fingerprint density at radius 1 is 1.32 bits per heavy atom. The summed E-state index contributed by atoms with van der Waals surface area (Å²) in [6.45, 7) is 9.24. The Hall–Kier alpha value is -1.88. The molecule has 2 amide bonds. The van der Waals surface area contributed by atoms with Crippen LogP contribution in [0.4, 0.5) is 0 Å². The SMILES string of the molecule is CC(C)[C@@H](C(=O)N[C@H]1CCOC(C)(C)C1)N1Cc2ccccc2C1=O. The maximum atomic E-state index is 13.0. The lowest BCUT2D eigenvalue weighted by Crippen LogP contribution is -2.54. The molecule has 2 aliphatic heterocycles. The minimum Gasteiger partial charge on any atom is -0.375 e. The number of nitrogens with one attached hydrogen (secondary N) is 1. The average molecular weight is 344 g/mol. The maximum Gasteiger partial charge on any atom is 0.255 e. The zero-order chi connectivity index (χ0) is 18.2. The first kappa shape index (κ1) is 17.9. The van der Waals surface area contributed by atoms with E-state index in [2.05, 4.69) is 5.32 Å². The van der Waals surface area contributed by atoms with Gasteiger partial charge in [-0.15, -0.1) is 0 Å². The number of amides is 2. The topological polar surface area (TPSA) is 58.6 Å². The number of benzene rings is 1. The predicted molar refractivity (Wildman–Crippen MR) is 96.1 cm³/mol. The standard InChI is InChI=1S/C20H28N2O3/c1-13(2)17(18(23)21-15-9-10-25-20(3,4)11-15)22-12-14-7-5-6-8-16(14)19(22)24/h5-8,13,15,17H,9-12H2,1-4H3,(H,21,23)/t15-,17-/m0/s1. The van der Waals surface area contributed by atoms with E-state index >= 15 is 0 Å². The Morgan fingerprint density at radius 2 is 2.04 bits per heavy atom. The summed E-state index contributed by atoms with van der Waals surface area (Å²) < 4.78 is 5.73. The molecule has 0 spiro atoms. The third kappa shape index (κ3) is 3.71. The number of carbonyl (C=O) groups excluding carboxylic acids is 2. The van der Waals surface area contributed by atoms with Crippen molar-refractivity contribution in [1.29, 1.82) is 0 Å². The summed E-state index contributed by atoms with van der Waals surface area (Å²) in [4.78, 5) is 27.5. The van der Waals surface area contributed by atoms with Crippen molar-refractivity contribution < 1.29 is 14.3 Å².